The molecule has 1 unspecified atom stereocenters. The second-order valence-electron chi connectivity index (χ2n) is 5.19. The Hall–Kier alpha value is -2.61. The minimum absolute atomic E-state index is 0.0177. The van der Waals surface area contributed by atoms with Gasteiger partial charge in [-0.1, -0.05) is 11.6 Å². The number of nitrogens with two attached hydrogens (primary N) is 1. The van der Waals surface area contributed by atoms with Crippen LogP contribution in [0.5, 0.6) is 5.75 Å². The number of rotatable bonds is 3. The summed E-state index contributed by atoms with van der Waals surface area (Å²) >= 11 is 6.18. The van der Waals surface area contributed by atoms with E-state index in [0.29, 0.717) is 27.0 Å². The predicted molar refractivity (Wildman–Crippen MR) is 88.2 cm³/mol. The van der Waals surface area contributed by atoms with Crippen LogP contribution in [-0.4, -0.2) is 24.3 Å². The van der Waals surface area contributed by atoms with Crippen LogP contribution in [0, 0.1) is 0 Å². The van der Waals surface area contributed by atoms with Gasteiger partial charge in [0.2, 0.25) is 0 Å². The molecule has 0 bridgehead atoms. The summed E-state index contributed by atoms with van der Waals surface area (Å²) in [7, 11) is 1.51. The van der Waals surface area contributed by atoms with Crippen LogP contribution in [0.3, 0.4) is 0 Å². The van der Waals surface area contributed by atoms with Crippen molar-refractivity contribution in [3.8, 4) is 16.9 Å². The van der Waals surface area contributed by atoms with Gasteiger partial charge in [0.05, 0.1) is 7.11 Å². The van der Waals surface area contributed by atoms with Crippen LogP contribution in [0.15, 0.2) is 42.7 Å². The molecular weight excluding hydrogens is 359 g/mol. The Kier molecular flexibility index (Phi) is 4.38. The van der Waals surface area contributed by atoms with Crippen LogP contribution < -0.4 is 15.5 Å². The average Bonchev–Trinajstić information content (AvgIpc) is 3.05. The quantitative estimate of drug-likeness (QED) is 0.876. The predicted octanol–water partition coefficient (Wildman–Crippen LogP) is 4.19. The van der Waals surface area contributed by atoms with Crippen LogP contribution in [-0.2, 0) is 4.84 Å². The van der Waals surface area contributed by atoms with Crippen molar-refractivity contribution in [1.82, 2.24) is 4.98 Å². The summed E-state index contributed by atoms with van der Waals surface area (Å²) < 4.78 is 44.2. The van der Waals surface area contributed by atoms with Crippen molar-refractivity contribution in [2.24, 2.45) is 0 Å². The van der Waals surface area contributed by atoms with Crippen molar-refractivity contribution in [1.29, 1.82) is 0 Å². The van der Waals surface area contributed by atoms with Gasteiger partial charge in [0, 0.05) is 16.1 Å². The molecule has 1 aromatic carbocycles. The maximum Gasteiger partial charge on any atom is 0.416 e. The molecule has 3 rings (SSSR count). The number of hydrogen-bond acceptors (Lipinski definition) is 5. The summed E-state index contributed by atoms with van der Waals surface area (Å²) in [6, 6.07) is 5.98. The first-order valence-corrected chi connectivity index (χ1v) is 7.49. The zero-order chi connectivity index (χ0) is 18.2. The van der Waals surface area contributed by atoms with E-state index in [0.717, 1.165) is 12.3 Å². The zero-order valence-corrected chi connectivity index (χ0v) is 13.7. The number of halogens is 4. The lowest BCUT2D eigenvalue weighted by molar-refractivity contribution is -0.145. The fourth-order valence-electron chi connectivity index (χ4n) is 2.41. The molecule has 132 valence electrons. The fraction of sp³-hybridized carbons (Fsp3) is 0.188. The van der Waals surface area contributed by atoms with Gasteiger partial charge in [0.1, 0.15) is 17.8 Å². The van der Waals surface area contributed by atoms with Crippen LogP contribution in [0.1, 0.15) is 0 Å². The van der Waals surface area contributed by atoms with Crippen molar-refractivity contribution in [3.63, 3.8) is 0 Å². The minimum Gasteiger partial charge on any atom is -0.497 e. The molecule has 1 atom stereocenters. The van der Waals surface area contributed by atoms with E-state index in [-0.39, 0.29) is 11.6 Å². The van der Waals surface area contributed by atoms with E-state index in [4.69, 9.17) is 26.9 Å². The normalized spacial score (nSPS) is 16.8. The van der Waals surface area contributed by atoms with E-state index >= 15 is 0 Å². The van der Waals surface area contributed by atoms with Crippen molar-refractivity contribution in [2.45, 2.75) is 12.2 Å². The molecule has 0 saturated heterocycles. The Balaban J connectivity index is 1.97. The number of alkyl halides is 3. The lowest BCUT2D eigenvalue weighted by atomic mass is 10.1. The molecule has 5 nitrogen and oxygen atoms in total. The van der Waals surface area contributed by atoms with Crippen molar-refractivity contribution in [2.75, 3.05) is 17.9 Å². The molecule has 0 radical (unpaired) electrons. The van der Waals surface area contributed by atoms with Gasteiger partial charge < -0.3 is 15.3 Å². The molecule has 0 amide bonds. The van der Waals surface area contributed by atoms with Gasteiger partial charge in [0.15, 0.2) is 11.9 Å². The molecule has 1 aliphatic rings. The van der Waals surface area contributed by atoms with Crippen LogP contribution in [0.2, 0.25) is 5.02 Å². The maximum absolute atomic E-state index is 13.0. The van der Waals surface area contributed by atoms with Crippen LogP contribution in [0.25, 0.3) is 11.1 Å². The second kappa shape index (κ2) is 6.36. The van der Waals surface area contributed by atoms with E-state index < -0.39 is 12.2 Å². The molecule has 0 fully saturated rings. The SMILES string of the molecule is COc1ccc(Cl)c(-c2ccc(N3OC=CC3C(F)(F)F)nc2N)c1. The third-order valence-electron chi connectivity index (χ3n) is 3.62. The number of nitrogen functional groups attached to an aromatic ring is 1. The van der Waals surface area contributed by atoms with E-state index in [9.17, 15) is 13.2 Å². The highest BCUT2D eigenvalue weighted by atomic mass is 35.5. The highest BCUT2D eigenvalue weighted by molar-refractivity contribution is 6.33. The van der Waals surface area contributed by atoms with Crippen molar-refractivity contribution >= 4 is 23.2 Å². The van der Waals surface area contributed by atoms with Gasteiger partial charge in [-0.2, -0.15) is 18.2 Å². The molecule has 0 aliphatic carbocycles. The first-order valence-electron chi connectivity index (χ1n) is 7.11. The monoisotopic (exact) mass is 371 g/mol. The molecule has 9 heteroatoms. The smallest absolute Gasteiger partial charge is 0.416 e. The Morgan fingerprint density at radius 1 is 1.24 bits per heavy atom. The van der Waals surface area contributed by atoms with E-state index in [1.165, 1.54) is 19.2 Å². The number of hydrogen-bond donors (Lipinski definition) is 1. The summed E-state index contributed by atoms with van der Waals surface area (Å²) in [6.45, 7) is 0. The highest BCUT2D eigenvalue weighted by Gasteiger charge is 2.46. The Morgan fingerprint density at radius 3 is 2.64 bits per heavy atom. The third-order valence-corrected chi connectivity index (χ3v) is 3.95. The van der Waals surface area contributed by atoms with E-state index in [2.05, 4.69) is 4.98 Å². The number of nitrogens with zero attached hydrogens (tertiary/aromatic N) is 2. The molecule has 25 heavy (non-hydrogen) atoms. The molecule has 0 saturated carbocycles. The summed E-state index contributed by atoms with van der Waals surface area (Å²) in [4.78, 5) is 8.94. The van der Waals surface area contributed by atoms with Gasteiger partial charge >= 0.3 is 6.18 Å². The zero-order valence-electron chi connectivity index (χ0n) is 12.9. The lowest BCUT2D eigenvalue weighted by Crippen LogP contribution is -2.41. The molecule has 2 N–H and O–H groups in total. The standard InChI is InChI=1S/C16H13ClF3N3O2/c1-24-9-2-4-12(17)11(8-9)10-3-5-14(22-15(10)21)23-13(6-7-25-23)16(18,19)20/h2-8,13H,1H3,(H2,21,22). The molecule has 2 heterocycles. The van der Waals surface area contributed by atoms with Crippen molar-refractivity contribution in [3.05, 3.63) is 47.7 Å². The van der Waals surface area contributed by atoms with Gasteiger partial charge in [-0.05, 0) is 36.4 Å². The van der Waals surface area contributed by atoms with E-state index in [1.54, 1.807) is 18.2 Å². The Labute approximate surface area is 146 Å². The summed E-state index contributed by atoms with van der Waals surface area (Å²) in [6.07, 6.45) is -2.65. The topological polar surface area (TPSA) is 60.6 Å². The molecular formula is C16H13ClF3N3O2. The third kappa shape index (κ3) is 3.30. The van der Waals surface area contributed by atoms with Gasteiger partial charge in [0.25, 0.3) is 0 Å². The lowest BCUT2D eigenvalue weighted by Gasteiger charge is -2.25. The summed E-state index contributed by atoms with van der Waals surface area (Å²) in [5.41, 5.74) is 6.98. The largest absolute Gasteiger partial charge is 0.497 e. The number of pyridine rings is 1. The fourth-order valence-corrected chi connectivity index (χ4v) is 2.63. The number of anilines is 2. The molecule has 0 spiro atoms. The second-order valence-corrected chi connectivity index (χ2v) is 5.60. The van der Waals surface area contributed by atoms with Gasteiger partial charge in [-0.15, -0.1) is 0 Å². The first kappa shape index (κ1) is 17.2. The minimum atomic E-state index is -4.50. The maximum atomic E-state index is 13.0. The van der Waals surface area contributed by atoms with Crippen LogP contribution in [0.4, 0.5) is 24.8 Å². The molecule has 1 aliphatic heterocycles. The van der Waals surface area contributed by atoms with Crippen molar-refractivity contribution < 1.29 is 22.7 Å². The Morgan fingerprint density at radius 2 is 2.00 bits per heavy atom. The molecule has 2 aromatic rings. The van der Waals surface area contributed by atoms with Gasteiger partial charge in [-0.25, -0.2) is 4.98 Å². The van der Waals surface area contributed by atoms with E-state index in [1.807, 2.05) is 0 Å². The van der Waals surface area contributed by atoms with Crippen LogP contribution >= 0.6 is 11.6 Å². The average molecular weight is 372 g/mol. The van der Waals surface area contributed by atoms with Gasteiger partial charge in [-0.3, -0.25) is 0 Å². The summed E-state index contributed by atoms with van der Waals surface area (Å²) in [5.74, 6) is 0.517. The summed E-state index contributed by atoms with van der Waals surface area (Å²) in [5, 5.41) is 1.06. The number of benzene rings is 1. The number of aromatic nitrogens is 1. The first-order chi connectivity index (χ1) is 11.8. The Bertz CT molecular complexity index is 827. The number of methoxy groups -OCH3 is 1. The molecule has 1 aromatic heterocycles. The highest BCUT2D eigenvalue weighted by Crippen LogP contribution is 2.37. The number of ether oxygens (including phenoxy) is 1. The number of hydroxylamine groups is 1.